The minimum atomic E-state index is -0.156. The number of aryl methyl sites for hydroxylation is 1. The molecule has 2 aromatic rings. The second-order valence-corrected chi connectivity index (χ2v) is 8.28. The third kappa shape index (κ3) is 3.59. The molecule has 0 aromatic carbocycles. The number of nitrogens with zero attached hydrogens (tertiary/aromatic N) is 4. The molecule has 1 N–H and O–H groups in total. The van der Waals surface area contributed by atoms with Crippen LogP contribution in [0.2, 0.25) is 0 Å². The first kappa shape index (κ1) is 20.1. The Balaban J connectivity index is 0.00000205. The van der Waals surface area contributed by atoms with Crippen LogP contribution in [0.3, 0.4) is 0 Å². The van der Waals surface area contributed by atoms with Crippen LogP contribution in [-0.4, -0.2) is 51.7 Å². The zero-order valence-electron chi connectivity index (χ0n) is 16.5. The van der Waals surface area contributed by atoms with E-state index in [0.29, 0.717) is 42.9 Å². The van der Waals surface area contributed by atoms with E-state index in [9.17, 15) is 9.59 Å². The molecule has 5 heterocycles. The standard InChI is InChI=1S/C20H25N5O3.ClH/c1-12-22-18(23-28-12)14-4-6-24(7-5-14)19(26)16-2-3-17-15-8-13(9-21-10-15)11-25(17)20(16)27;/h2-3,13-15,21H,4-11H2,1H3;1H/t13-,15+;/m0./s1. The van der Waals surface area contributed by atoms with Crippen molar-refractivity contribution in [3.05, 3.63) is 45.5 Å². The van der Waals surface area contributed by atoms with Gasteiger partial charge in [0.15, 0.2) is 5.82 Å². The van der Waals surface area contributed by atoms with Crippen LogP contribution in [0.25, 0.3) is 0 Å². The molecule has 2 saturated heterocycles. The first-order valence-electron chi connectivity index (χ1n) is 10.1. The number of carbonyl (C=O) groups is 1. The van der Waals surface area contributed by atoms with Gasteiger partial charge in [0, 0.05) is 50.6 Å². The van der Waals surface area contributed by atoms with Gasteiger partial charge >= 0.3 is 0 Å². The number of amides is 1. The molecule has 2 atom stereocenters. The van der Waals surface area contributed by atoms with Gasteiger partial charge in [-0.25, -0.2) is 0 Å². The zero-order chi connectivity index (χ0) is 19.3. The predicted molar refractivity (Wildman–Crippen MR) is 109 cm³/mol. The van der Waals surface area contributed by atoms with E-state index >= 15 is 0 Å². The Kier molecular flexibility index (Phi) is 5.48. The van der Waals surface area contributed by atoms with Crippen molar-refractivity contribution in [1.29, 1.82) is 0 Å². The summed E-state index contributed by atoms with van der Waals surface area (Å²) in [7, 11) is 0. The summed E-state index contributed by atoms with van der Waals surface area (Å²) < 4.78 is 6.92. The lowest BCUT2D eigenvalue weighted by atomic mass is 9.84. The molecule has 5 rings (SSSR count). The molecule has 8 nitrogen and oxygen atoms in total. The van der Waals surface area contributed by atoms with Crippen molar-refractivity contribution >= 4 is 18.3 Å². The van der Waals surface area contributed by atoms with Crippen molar-refractivity contribution in [2.45, 2.75) is 44.6 Å². The maximum Gasteiger partial charge on any atom is 0.263 e. The fourth-order valence-corrected chi connectivity index (χ4v) is 4.95. The Morgan fingerprint density at radius 1 is 1.21 bits per heavy atom. The number of hydrogen-bond acceptors (Lipinski definition) is 6. The summed E-state index contributed by atoms with van der Waals surface area (Å²) >= 11 is 0. The fourth-order valence-electron chi connectivity index (χ4n) is 4.95. The van der Waals surface area contributed by atoms with Crippen molar-refractivity contribution in [3.8, 4) is 0 Å². The summed E-state index contributed by atoms with van der Waals surface area (Å²) in [4.78, 5) is 32.2. The van der Waals surface area contributed by atoms with Crippen molar-refractivity contribution in [2.75, 3.05) is 26.2 Å². The van der Waals surface area contributed by atoms with Crippen molar-refractivity contribution in [2.24, 2.45) is 5.92 Å². The van der Waals surface area contributed by atoms with Crippen molar-refractivity contribution in [1.82, 2.24) is 24.9 Å². The van der Waals surface area contributed by atoms with Gasteiger partial charge in [0.2, 0.25) is 5.89 Å². The molecule has 0 spiro atoms. The van der Waals surface area contributed by atoms with E-state index in [4.69, 9.17) is 4.52 Å². The number of piperidine rings is 2. The van der Waals surface area contributed by atoms with Gasteiger partial charge in [-0.15, -0.1) is 12.4 Å². The summed E-state index contributed by atoms with van der Waals surface area (Å²) in [5.41, 5.74) is 1.23. The number of aromatic nitrogens is 3. The lowest BCUT2D eigenvalue weighted by molar-refractivity contribution is 0.0707. The van der Waals surface area contributed by atoms with E-state index in [1.54, 1.807) is 17.9 Å². The lowest BCUT2D eigenvalue weighted by Gasteiger charge is -2.37. The topological polar surface area (TPSA) is 93.3 Å². The lowest BCUT2D eigenvalue weighted by Crippen LogP contribution is -2.47. The largest absolute Gasteiger partial charge is 0.340 e. The highest BCUT2D eigenvalue weighted by molar-refractivity contribution is 5.94. The molecule has 3 aliphatic heterocycles. The molecule has 0 radical (unpaired) electrons. The highest BCUT2D eigenvalue weighted by atomic mass is 35.5. The summed E-state index contributed by atoms with van der Waals surface area (Å²) in [6, 6.07) is 3.72. The Labute approximate surface area is 175 Å². The van der Waals surface area contributed by atoms with E-state index in [0.717, 1.165) is 43.9 Å². The number of halogens is 1. The third-order valence-corrected chi connectivity index (χ3v) is 6.43. The number of pyridine rings is 1. The van der Waals surface area contributed by atoms with Crippen molar-refractivity contribution < 1.29 is 9.32 Å². The normalized spacial score (nSPS) is 24.0. The molecule has 3 aliphatic rings. The molecule has 156 valence electrons. The monoisotopic (exact) mass is 419 g/mol. The summed E-state index contributed by atoms with van der Waals surface area (Å²) in [6.45, 7) is 5.55. The van der Waals surface area contributed by atoms with Gasteiger partial charge in [-0.1, -0.05) is 5.16 Å². The molecule has 9 heteroatoms. The third-order valence-electron chi connectivity index (χ3n) is 6.43. The number of likely N-dealkylation sites (tertiary alicyclic amines) is 1. The van der Waals surface area contributed by atoms with E-state index < -0.39 is 0 Å². The van der Waals surface area contributed by atoms with Crippen LogP contribution >= 0.6 is 12.4 Å². The second-order valence-electron chi connectivity index (χ2n) is 8.28. The van der Waals surface area contributed by atoms with Gasteiger partial charge in [-0.3, -0.25) is 9.59 Å². The maximum absolute atomic E-state index is 13.1. The minimum Gasteiger partial charge on any atom is -0.340 e. The summed E-state index contributed by atoms with van der Waals surface area (Å²) in [5.74, 6) is 2.19. The molecule has 2 bridgehead atoms. The van der Waals surface area contributed by atoms with Crippen LogP contribution in [-0.2, 0) is 6.54 Å². The fraction of sp³-hybridized carbons (Fsp3) is 0.600. The first-order valence-corrected chi connectivity index (χ1v) is 10.1. The average Bonchev–Trinajstić information content (AvgIpc) is 3.15. The van der Waals surface area contributed by atoms with Gasteiger partial charge in [0.05, 0.1) is 0 Å². The van der Waals surface area contributed by atoms with Crippen LogP contribution in [0.4, 0.5) is 0 Å². The molecule has 0 saturated carbocycles. The molecule has 2 fully saturated rings. The second kappa shape index (κ2) is 7.91. The molecule has 0 aliphatic carbocycles. The van der Waals surface area contributed by atoms with E-state index in [-0.39, 0.29) is 29.8 Å². The number of rotatable bonds is 2. The average molecular weight is 420 g/mol. The van der Waals surface area contributed by atoms with E-state index in [1.165, 1.54) is 0 Å². The number of hydrogen-bond donors (Lipinski definition) is 1. The molecule has 2 aromatic heterocycles. The SMILES string of the molecule is Cc1nc(C2CCN(C(=O)c3ccc4n(c3=O)C[C@@H]3CNC[C@H]4C3)CC2)no1.Cl. The van der Waals surface area contributed by atoms with E-state index in [2.05, 4.69) is 15.5 Å². The van der Waals surface area contributed by atoms with Gasteiger partial charge in [-0.2, -0.15) is 4.98 Å². The highest BCUT2D eigenvalue weighted by Gasteiger charge is 2.33. The maximum atomic E-state index is 13.1. The van der Waals surface area contributed by atoms with Crippen LogP contribution in [0, 0.1) is 12.8 Å². The Hall–Kier alpha value is -2.19. The quantitative estimate of drug-likeness (QED) is 0.796. The predicted octanol–water partition coefficient (Wildman–Crippen LogP) is 1.69. The molecular formula is C20H26ClN5O3. The van der Waals surface area contributed by atoms with E-state index in [1.807, 2.05) is 10.6 Å². The van der Waals surface area contributed by atoms with Crippen LogP contribution in [0.1, 0.15) is 58.9 Å². The smallest absolute Gasteiger partial charge is 0.263 e. The van der Waals surface area contributed by atoms with Crippen LogP contribution in [0.15, 0.2) is 21.5 Å². The number of fused-ring (bicyclic) bond motifs is 4. The number of nitrogens with one attached hydrogen (secondary N) is 1. The van der Waals surface area contributed by atoms with Crippen LogP contribution in [0.5, 0.6) is 0 Å². The minimum absolute atomic E-state index is 0. The molecule has 1 amide bonds. The van der Waals surface area contributed by atoms with Gasteiger partial charge in [0.1, 0.15) is 5.56 Å². The Morgan fingerprint density at radius 2 is 2.00 bits per heavy atom. The Morgan fingerprint density at radius 3 is 2.72 bits per heavy atom. The van der Waals surface area contributed by atoms with Crippen molar-refractivity contribution in [3.63, 3.8) is 0 Å². The summed E-state index contributed by atoms with van der Waals surface area (Å²) in [5, 5.41) is 7.46. The zero-order valence-corrected chi connectivity index (χ0v) is 17.3. The molecule has 29 heavy (non-hydrogen) atoms. The first-order chi connectivity index (χ1) is 13.6. The van der Waals surface area contributed by atoms with Gasteiger partial charge in [0.25, 0.3) is 11.5 Å². The number of carbonyl (C=O) groups excluding carboxylic acids is 1. The Bertz CT molecular complexity index is 963. The molecular weight excluding hydrogens is 394 g/mol. The summed E-state index contributed by atoms with van der Waals surface area (Å²) in [6.07, 6.45) is 2.70. The van der Waals surface area contributed by atoms with Gasteiger partial charge < -0.3 is 19.3 Å². The highest BCUT2D eigenvalue weighted by Crippen LogP contribution is 2.32. The van der Waals surface area contributed by atoms with Gasteiger partial charge in [-0.05, 0) is 43.9 Å². The van der Waals surface area contributed by atoms with Crippen LogP contribution < -0.4 is 10.9 Å². The molecule has 0 unspecified atom stereocenters.